The summed E-state index contributed by atoms with van der Waals surface area (Å²) < 4.78 is 56.3. The molecule has 0 saturated carbocycles. The second kappa shape index (κ2) is 5.28. The van der Waals surface area contributed by atoms with E-state index >= 15 is 0 Å². The highest BCUT2D eigenvalue weighted by Gasteiger charge is 2.20. The van der Waals surface area contributed by atoms with Crippen LogP contribution in [-0.4, -0.2) is 63.8 Å². The van der Waals surface area contributed by atoms with Gasteiger partial charge in [0.15, 0.2) is 0 Å². The van der Waals surface area contributed by atoms with Crippen molar-refractivity contribution in [3.63, 3.8) is 0 Å². The Labute approximate surface area is 111 Å². The second-order valence-electron chi connectivity index (χ2n) is 3.69. The van der Waals surface area contributed by atoms with E-state index in [0.29, 0.717) is 0 Å². The zero-order valence-corrected chi connectivity index (χ0v) is 12.3. The third-order valence-electron chi connectivity index (χ3n) is 1.82. The third-order valence-corrected chi connectivity index (χ3v) is 4.61. The van der Waals surface area contributed by atoms with Crippen LogP contribution in [0.25, 0.3) is 0 Å². The molecule has 0 spiro atoms. The first-order valence-corrected chi connectivity index (χ1v) is 7.66. The van der Waals surface area contributed by atoms with Crippen molar-refractivity contribution in [1.82, 2.24) is 18.8 Å². The summed E-state index contributed by atoms with van der Waals surface area (Å²) in [6.45, 7) is 0. The number of aromatic nitrogens is 2. The Morgan fingerprint density at radius 3 is 1.42 bits per heavy atom. The van der Waals surface area contributed by atoms with E-state index < -0.39 is 32.4 Å². The lowest BCUT2D eigenvalue weighted by Crippen LogP contribution is -2.29. The van der Waals surface area contributed by atoms with Crippen molar-refractivity contribution in [3.05, 3.63) is 0 Å². The van der Waals surface area contributed by atoms with Gasteiger partial charge in [0.25, 0.3) is 0 Å². The summed E-state index contributed by atoms with van der Waals surface area (Å²) in [4.78, 5) is 0. The van der Waals surface area contributed by atoms with Gasteiger partial charge < -0.3 is 4.42 Å². The summed E-state index contributed by atoms with van der Waals surface area (Å²) in [7, 11) is -2.40. The molecular weight excluding hydrogens is 300 g/mol. The molecule has 0 radical (unpaired) electrons. The fourth-order valence-electron chi connectivity index (χ4n) is 0.709. The minimum absolute atomic E-state index is 0.454. The van der Waals surface area contributed by atoms with Gasteiger partial charge >= 0.3 is 32.4 Å². The summed E-state index contributed by atoms with van der Waals surface area (Å²) in [6, 6.07) is -0.907. The largest absolute Gasteiger partial charge is 0.388 e. The lowest BCUT2D eigenvalue weighted by molar-refractivity contribution is 0.518. The van der Waals surface area contributed by atoms with Crippen LogP contribution in [0.1, 0.15) is 0 Å². The van der Waals surface area contributed by atoms with Crippen molar-refractivity contribution in [2.45, 2.75) is 0 Å². The molecular formula is C6H14N6O5S2. The smallest absolute Gasteiger partial charge is 0.331 e. The molecule has 0 aromatic carbocycles. The van der Waals surface area contributed by atoms with E-state index in [1.807, 2.05) is 9.44 Å². The standard InChI is InChI=1S/C6H14N6O5S2/c1-11(2)18(13,14)9-5-7-8-6(17-5)10-19(15,16)12(3)4/h1-4H3,(H,7,9)(H,8,10). The molecule has 0 atom stereocenters. The monoisotopic (exact) mass is 314 g/mol. The van der Waals surface area contributed by atoms with Crippen LogP contribution in [0.3, 0.4) is 0 Å². The number of rotatable bonds is 6. The van der Waals surface area contributed by atoms with E-state index in [-0.39, 0.29) is 0 Å². The Morgan fingerprint density at radius 1 is 0.842 bits per heavy atom. The molecule has 13 heteroatoms. The van der Waals surface area contributed by atoms with Gasteiger partial charge in [-0.3, -0.25) is 0 Å². The summed E-state index contributed by atoms with van der Waals surface area (Å²) in [5.74, 6) is 0. The van der Waals surface area contributed by atoms with Gasteiger partial charge in [0.05, 0.1) is 0 Å². The van der Waals surface area contributed by atoms with Gasteiger partial charge in [-0.2, -0.15) is 25.4 Å². The van der Waals surface area contributed by atoms with Crippen LogP contribution in [-0.2, 0) is 20.4 Å². The molecule has 19 heavy (non-hydrogen) atoms. The molecule has 110 valence electrons. The fourth-order valence-corrected chi connectivity index (χ4v) is 1.68. The van der Waals surface area contributed by atoms with E-state index in [4.69, 9.17) is 4.42 Å². The van der Waals surface area contributed by atoms with Gasteiger partial charge in [-0.1, -0.05) is 10.2 Å². The first kappa shape index (κ1) is 15.6. The highest BCUT2D eigenvalue weighted by Crippen LogP contribution is 2.14. The molecule has 0 aliphatic heterocycles. The summed E-state index contributed by atoms with van der Waals surface area (Å²) >= 11 is 0. The summed E-state index contributed by atoms with van der Waals surface area (Å²) in [5.41, 5.74) is 0. The zero-order valence-electron chi connectivity index (χ0n) is 10.6. The highest BCUT2D eigenvalue weighted by atomic mass is 32.2. The number of anilines is 2. The maximum Gasteiger partial charge on any atom is 0.331 e. The molecule has 0 aliphatic carbocycles. The quantitative estimate of drug-likeness (QED) is 0.652. The Morgan fingerprint density at radius 2 is 1.16 bits per heavy atom. The van der Waals surface area contributed by atoms with Gasteiger partial charge in [0.2, 0.25) is 0 Å². The van der Waals surface area contributed by atoms with E-state index in [9.17, 15) is 16.8 Å². The molecule has 1 rings (SSSR count). The molecule has 2 N–H and O–H groups in total. The Kier molecular flexibility index (Phi) is 4.34. The van der Waals surface area contributed by atoms with Gasteiger partial charge in [-0.25, -0.2) is 9.44 Å². The minimum atomic E-state index is -3.80. The zero-order chi connectivity index (χ0) is 14.8. The van der Waals surface area contributed by atoms with E-state index in [0.717, 1.165) is 8.61 Å². The predicted molar refractivity (Wildman–Crippen MR) is 66.8 cm³/mol. The van der Waals surface area contributed by atoms with Crippen molar-refractivity contribution < 1.29 is 21.3 Å². The highest BCUT2D eigenvalue weighted by molar-refractivity contribution is 7.90. The number of nitrogens with one attached hydrogen (secondary N) is 2. The number of nitrogens with zero attached hydrogens (tertiary/aromatic N) is 4. The third kappa shape index (κ3) is 4.02. The second-order valence-corrected chi connectivity index (χ2v) is 7.46. The maximum absolute atomic E-state index is 11.4. The lowest BCUT2D eigenvalue weighted by atomic mass is 11.2. The SMILES string of the molecule is CN(C)S(=O)(=O)Nc1nnc(NS(=O)(=O)N(C)C)o1. The molecule has 1 aromatic heterocycles. The maximum atomic E-state index is 11.4. The molecule has 0 saturated heterocycles. The van der Waals surface area contributed by atoms with Gasteiger partial charge in [0, 0.05) is 28.2 Å². The molecule has 11 nitrogen and oxygen atoms in total. The molecule has 0 amide bonds. The van der Waals surface area contributed by atoms with Gasteiger partial charge in [0.1, 0.15) is 0 Å². The van der Waals surface area contributed by atoms with Crippen LogP contribution in [0.4, 0.5) is 12.0 Å². The van der Waals surface area contributed by atoms with Crippen LogP contribution in [0.2, 0.25) is 0 Å². The van der Waals surface area contributed by atoms with Crippen LogP contribution in [0.5, 0.6) is 0 Å². The Hall–Kier alpha value is -1.44. The molecule has 0 unspecified atom stereocenters. The van der Waals surface area contributed by atoms with Crippen LogP contribution >= 0.6 is 0 Å². The van der Waals surface area contributed by atoms with E-state index in [1.165, 1.54) is 28.2 Å². The van der Waals surface area contributed by atoms with Crippen molar-refractivity contribution in [2.75, 3.05) is 37.6 Å². The first-order valence-electron chi connectivity index (χ1n) is 4.78. The van der Waals surface area contributed by atoms with Gasteiger partial charge in [-0.05, 0) is 0 Å². The molecule has 0 aliphatic rings. The average molecular weight is 314 g/mol. The molecule has 0 fully saturated rings. The van der Waals surface area contributed by atoms with Crippen LogP contribution in [0, 0.1) is 0 Å². The number of hydrogen-bond donors (Lipinski definition) is 2. The summed E-state index contributed by atoms with van der Waals surface area (Å²) in [6.07, 6.45) is 0. The van der Waals surface area contributed by atoms with Crippen molar-refractivity contribution in [1.29, 1.82) is 0 Å². The van der Waals surface area contributed by atoms with E-state index in [1.54, 1.807) is 0 Å². The average Bonchev–Trinajstić information content (AvgIpc) is 2.63. The fraction of sp³-hybridized carbons (Fsp3) is 0.667. The molecule has 0 bridgehead atoms. The first-order chi connectivity index (χ1) is 8.54. The van der Waals surface area contributed by atoms with E-state index in [2.05, 4.69) is 10.2 Å². The topological polar surface area (TPSA) is 138 Å². The van der Waals surface area contributed by atoms with Crippen molar-refractivity contribution >= 4 is 32.4 Å². The molecule has 1 heterocycles. The minimum Gasteiger partial charge on any atom is -0.388 e. The van der Waals surface area contributed by atoms with Crippen molar-refractivity contribution in [2.24, 2.45) is 0 Å². The Bertz CT molecular complexity index is 578. The Balaban J connectivity index is 2.85. The summed E-state index contributed by atoms with van der Waals surface area (Å²) in [5, 5.41) is 6.70. The lowest BCUT2D eigenvalue weighted by Gasteiger charge is -2.10. The van der Waals surface area contributed by atoms with Crippen molar-refractivity contribution in [3.8, 4) is 0 Å². The van der Waals surface area contributed by atoms with Crippen LogP contribution < -0.4 is 9.44 Å². The predicted octanol–water partition coefficient (Wildman–Crippen LogP) is -1.49. The van der Waals surface area contributed by atoms with Crippen LogP contribution in [0.15, 0.2) is 4.42 Å². The van der Waals surface area contributed by atoms with Gasteiger partial charge in [-0.15, -0.1) is 0 Å². The number of hydrogen-bond acceptors (Lipinski definition) is 7. The normalized spacial score (nSPS) is 12.9. The molecule has 1 aromatic rings.